The van der Waals surface area contributed by atoms with Crippen molar-refractivity contribution in [3.63, 3.8) is 0 Å². The lowest BCUT2D eigenvalue weighted by Crippen LogP contribution is -2.13. The number of fused-ring (bicyclic) bond motifs is 1. The van der Waals surface area contributed by atoms with Gasteiger partial charge in [-0.25, -0.2) is 0 Å². The number of aromatic nitrogens is 1. The predicted molar refractivity (Wildman–Crippen MR) is 84.0 cm³/mol. The van der Waals surface area contributed by atoms with Gasteiger partial charge < -0.3 is 5.32 Å². The number of hydrogen-bond acceptors (Lipinski definition) is 2. The van der Waals surface area contributed by atoms with Gasteiger partial charge in [-0.05, 0) is 31.4 Å². The van der Waals surface area contributed by atoms with Gasteiger partial charge in [0.2, 0.25) is 5.91 Å². The molecule has 1 aromatic carbocycles. The Hall–Kier alpha value is -1.90. The minimum atomic E-state index is 0.0911. The normalized spacial score (nSPS) is 10.8. The van der Waals surface area contributed by atoms with Crippen LogP contribution < -0.4 is 5.32 Å². The summed E-state index contributed by atoms with van der Waals surface area (Å²) in [6.07, 6.45) is 3.40. The Bertz CT molecular complexity index is 620. The van der Waals surface area contributed by atoms with Crippen molar-refractivity contribution in [1.82, 2.24) is 4.98 Å². The van der Waals surface area contributed by atoms with E-state index in [0.717, 1.165) is 47.1 Å². The third-order valence-corrected chi connectivity index (χ3v) is 3.59. The van der Waals surface area contributed by atoms with E-state index in [-0.39, 0.29) is 5.91 Å². The lowest BCUT2D eigenvalue weighted by atomic mass is 10.0. The summed E-state index contributed by atoms with van der Waals surface area (Å²) in [5.74, 6) is 0.0911. The molecule has 1 N–H and O–H groups in total. The fourth-order valence-electron chi connectivity index (χ4n) is 2.40. The number of pyridine rings is 1. The van der Waals surface area contributed by atoms with Gasteiger partial charge in [0.25, 0.3) is 0 Å². The van der Waals surface area contributed by atoms with Crippen molar-refractivity contribution in [2.24, 2.45) is 0 Å². The first kappa shape index (κ1) is 14.5. The second kappa shape index (κ2) is 6.51. The molecule has 3 nitrogen and oxygen atoms in total. The van der Waals surface area contributed by atoms with Gasteiger partial charge in [0.15, 0.2) is 0 Å². The fourth-order valence-corrected chi connectivity index (χ4v) is 2.40. The summed E-state index contributed by atoms with van der Waals surface area (Å²) < 4.78 is 0. The number of benzene rings is 1. The summed E-state index contributed by atoms with van der Waals surface area (Å²) in [7, 11) is 0. The number of nitrogens with one attached hydrogen (secondary N) is 1. The molecule has 1 heterocycles. The highest BCUT2D eigenvalue weighted by molar-refractivity contribution is 6.02. The van der Waals surface area contributed by atoms with Crippen LogP contribution in [0.1, 0.15) is 44.4 Å². The Morgan fingerprint density at radius 1 is 1.25 bits per heavy atom. The van der Waals surface area contributed by atoms with Crippen LogP contribution in [0.4, 0.5) is 5.69 Å². The third-order valence-electron chi connectivity index (χ3n) is 3.59. The molecule has 0 spiro atoms. The molecule has 1 aromatic heterocycles. The van der Waals surface area contributed by atoms with Crippen LogP contribution in [0.5, 0.6) is 0 Å². The number of para-hydroxylation sites is 1. The lowest BCUT2D eigenvalue weighted by molar-refractivity contribution is -0.116. The summed E-state index contributed by atoms with van der Waals surface area (Å²) in [6.45, 7) is 6.22. The fraction of sp³-hybridized carbons (Fsp3) is 0.412. The molecule has 0 fully saturated rings. The molecule has 0 saturated heterocycles. The van der Waals surface area contributed by atoms with E-state index in [1.54, 1.807) is 0 Å². The van der Waals surface area contributed by atoms with Gasteiger partial charge in [-0.2, -0.15) is 0 Å². The zero-order chi connectivity index (χ0) is 14.5. The van der Waals surface area contributed by atoms with E-state index in [9.17, 15) is 4.79 Å². The molecule has 0 atom stereocenters. The second-order valence-corrected chi connectivity index (χ2v) is 5.08. The molecule has 0 aliphatic rings. The molecule has 2 rings (SSSR count). The average molecular weight is 270 g/mol. The average Bonchev–Trinajstić information content (AvgIpc) is 2.47. The molecule has 0 aliphatic carbocycles. The van der Waals surface area contributed by atoms with Crippen LogP contribution in [0.2, 0.25) is 0 Å². The summed E-state index contributed by atoms with van der Waals surface area (Å²) >= 11 is 0. The van der Waals surface area contributed by atoms with E-state index in [1.165, 1.54) is 0 Å². The molecule has 1 amide bonds. The number of amides is 1. The Kier molecular flexibility index (Phi) is 4.72. The van der Waals surface area contributed by atoms with E-state index in [0.29, 0.717) is 6.42 Å². The maximum atomic E-state index is 12.0. The first-order valence-corrected chi connectivity index (χ1v) is 7.35. The summed E-state index contributed by atoms with van der Waals surface area (Å²) in [4.78, 5) is 16.7. The minimum Gasteiger partial charge on any atom is -0.325 e. The van der Waals surface area contributed by atoms with Crippen LogP contribution in [-0.4, -0.2) is 10.9 Å². The summed E-state index contributed by atoms with van der Waals surface area (Å²) in [6, 6.07) is 7.98. The summed E-state index contributed by atoms with van der Waals surface area (Å²) in [5.41, 5.74) is 4.00. The quantitative estimate of drug-likeness (QED) is 0.883. The van der Waals surface area contributed by atoms with E-state index in [4.69, 9.17) is 0 Å². The van der Waals surface area contributed by atoms with Crippen molar-refractivity contribution >= 4 is 22.5 Å². The zero-order valence-corrected chi connectivity index (χ0v) is 12.5. The zero-order valence-electron chi connectivity index (χ0n) is 12.5. The highest BCUT2D eigenvalue weighted by Gasteiger charge is 2.12. The molecule has 106 valence electrons. The highest BCUT2D eigenvalue weighted by Crippen LogP contribution is 2.28. The molecular weight excluding hydrogens is 248 g/mol. The van der Waals surface area contributed by atoms with Crippen LogP contribution in [0.15, 0.2) is 24.3 Å². The van der Waals surface area contributed by atoms with Crippen LogP contribution in [0.3, 0.4) is 0 Å². The number of aryl methyl sites for hydroxylation is 1. The Labute approximate surface area is 120 Å². The smallest absolute Gasteiger partial charge is 0.224 e. The number of unbranched alkanes of at least 4 members (excludes halogenated alkanes) is 1. The molecule has 0 bridgehead atoms. The van der Waals surface area contributed by atoms with Gasteiger partial charge in [0.1, 0.15) is 0 Å². The van der Waals surface area contributed by atoms with Crippen LogP contribution in [0.25, 0.3) is 10.9 Å². The van der Waals surface area contributed by atoms with Crippen LogP contribution in [0, 0.1) is 6.92 Å². The Balaban J connectivity index is 2.44. The van der Waals surface area contributed by atoms with Crippen molar-refractivity contribution in [1.29, 1.82) is 0 Å². The number of anilines is 1. The number of rotatable bonds is 5. The summed E-state index contributed by atoms with van der Waals surface area (Å²) in [5, 5.41) is 4.10. The molecule has 3 heteroatoms. The minimum absolute atomic E-state index is 0.0911. The van der Waals surface area contributed by atoms with E-state index >= 15 is 0 Å². The third kappa shape index (κ3) is 2.98. The van der Waals surface area contributed by atoms with Gasteiger partial charge in [-0.15, -0.1) is 0 Å². The van der Waals surface area contributed by atoms with Crippen molar-refractivity contribution in [2.75, 3.05) is 5.32 Å². The second-order valence-electron chi connectivity index (χ2n) is 5.08. The van der Waals surface area contributed by atoms with Gasteiger partial charge >= 0.3 is 0 Å². The maximum absolute atomic E-state index is 12.0. The van der Waals surface area contributed by atoms with E-state index in [2.05, 4.69) is 24.1 Å². The molecule has 20 heavy (non-hydrogen) atoms. The largest absolute Gasteiger partial charge is 0.325 e. The SMILES string of the molecule is CCCCC(=O)Nc1c(C)c(CC)nc2ccccc12. The monoisotopic (exact) mass is 270 g/mol. The Morgan fingerprint density at radius 3 is 2.70 bits per heavy atom. The first-order chi connectivity index (χ1) is 9.67. The Morgan fingerprint density at radius 2 is 2.00 bits per heavy atom. The van der Waals surface area contributed by atoms with Crippen molar-refractivity contribution in [2.45, 2.75) is 46.5 Å². The molecule has 0 radical (unpaired) electrons. The predicted octanol–water partition coefficient (Wildman–Crippen LogP) is 4.23. The van der Waals surface area contributed by atoms with E-state index in [1.807, 2.05) is 31.2 Å². The standard InChI is InChI=1S/C17H22N2O/c1-4-6-11-16(20)19-17-12(3)14(5-2)18-15-10-8-7-9-13(15)17/h7-10H,4-6,11H2,1-3H3,(H,18,19,20). The lowest BCUT2D eigenvalue weighted by Gasteiger charge is -2.14. The number of carbonyl (C=O) groups is 1. The van der Waals surface area contributed by atoms with E-state index < -0.39 is 0 Å². The topological polar surface area (TPSA) is 42.0 Å². The first-order valence-electron chi connectivity index (χ1n) is 7.35. The molecular formula is C17H22N2O. The highest BCUT2D eigenvalue weighted by atomic mass is 16.1. The van der Waals surface area contributed by atoms with Crippen LogP contribution >= 0.6 is 0 Å². The molecule has 0 aliphatic heterocycles. The number of nitrogens with zero attached hydrogens (tertiary/aromatic N) is 1. The molecule has 0 saturated carbocycles. The van der Waals surface area contributed by atoms with Gasteiger partial charge in [0, 0.05) is 17.5 Å². The van der Waals surface area contributed by atoms with Gasteiger partial charge in [-0.3, -0.25) is 9.78 Å². The van der Waals surface area contributed by atoms with Crippen molar-refractivity contribution in [3.05, 3.63) is 35.5 Å². The van der Waals surface area contributed by atoms with Gasteiger partial charge in [-0.1, -0.05) is 38.5 Å². The maximum Gasteiger partial charge on any atom is 0.224 e. The van der Waals surface area contributed by atoms with Gasteiger partial charge in [0.05, 0.1) is 11.2 Å². The number of carbonyl (C=O) groups excluding carboxylic acids is 1. The number of hydrogen-bond donors (Lipinski definition) is 1. The molecule has 2 aromatic rings. The van der Waals surface area contributed by atoms with Crippen molar-refractivity contribution in [3.8, 4) is 0 Å². The van der Waals surface area contributed by atoms with Crippen LogP contribution in [-0.2, 0) is 11.2 Å². The van der Waals surface area contributed by atoms with Crippen molar-refractivity contribution < 1.29 is 4.79 Å². The molecule has 0 unspecified atom stereocenters.